The minimum Gasteiger partial charge on any atom is -0.461 e. The van der Waals surface area contributed by atoms with E-state index < -0.39 is 5.97 Å². The molecule has 7 nitrogen and oxygen atoms in total. The van der Waals surface area contributed by atoms with E-state index in [1.54, 1.807) is 14.0 Å². The molecule has 1 aromatic heterocycles. The van der Waals surface area contributed by atoms with Gasteiger partial charge in [-0.2, -0.15) is 4.98 Å². The van der Waals surface area contributed by atoms with Crippen molar-refractivity contribution >= 4 is 12.0 Å². The number of carbonyl (C=O) groups excluding carboxylic acids is 1. The van der Waals surface area contributed by atoms with Crippen LogP contribution in [0.5, 0.6) is 0 Å². The summed E-state index contributed by atoms with van der Waals surface area (Å²) < 4.78 is 16.2. The molecule has 124 valence electrons. The molecular weight excluding hydrogens is 286 g/mol. The molecule has 0 aromatic carbocycles. The highest BCUT2D eigenvalue weighted by Crippen LogP contribution is 2.23. The molecule has 2 heterocycles. The van der Waals surface area contributed by atoms with E-state index in [1.807, 2.05) is 11.8 Å². The fourth-order valence-corrected chi connectivity index (χ4v) is 2.44. The van der Waals surface area contributed by atoms with Gasteiger partial charge in [0, 0.05) is 19.7 Å². The topological polar surface area (TPSA) is 90.8 Å². The third-order valence-corrected chi connectivity index (χ3v) is 3.89. The summed E-state index contributed by atoms with van der Waals surface area (Å²) in [6, 6.07) is 0.435. The van der Waals surface area contributed by atoms with Crippen molar-refractivity contribution in [1.29, 1.82) is 0 Å². The van der Waals surface area contributed by atoms with Crippen LogP contribution in [-0.4, -0.2) is 49.9 Å². The SMILES string of the molecule is CCCCOC(=O)c1nc(N2CC[C@@H](N)[C@@H](OC)C2)oc1C. The first kappa shape index (κ1) is 16.8. The van der Waals surface area contributed by atoms with Gasteiger partial charge in [0.15, 0.2) is 5.69 Å². The van der Waals surface area contributed by atoms with Gasteiger partial charge in [0.05, 0.1) is 19.3 Å². The van der Waals surface area contributed by atoms with Gasteiger partial charge in [0.1, 0.15) is 5.76 Å². The predicted molar refractivity (Wildman–Crippen MR) is 82.0 cm³/mol. The van der Waals surface area contributed by atoms with Crippen molar-refractivity contribution in [1.82, 2.24) is 4.98 Å². The Morgan fingerprint density at radius 1 is 1.55 bits per heavy atom. The third-order valence-electron chi connectivity index (χ3n) is 3.89. The number of anilines is 1. The van der Waals surface area contributed by atoms with Gasteiger partial charge < -0.3 is 24.5 Å². The van der Waals surface area contributed by atoms with Crippen molar-refractivity contribution in [2.75, 3.05) is 31.7 Å². The predicted octanol–water partition coefficient (Wildman–Crippen LogP) is 1.49. The Morgan fingerprint density at radius 2 is 2.32 bits per heavy atom. The smallest absolute Gasteiger partial charge is 0.360 e. The van der Waals surface area contributed by atoms with E-state index in [0.717, 1.165) is 25.8 Å². The van der Waals surface area contributed by atoms with Gasteiger partial charge in [0.2, 0.25) is 0 Å². The number of piperidine rings is 1. The average molecular weight is 311 g/mol. The lowest BCUT2D eigenvalue weighted by Crippen LogP contribution is -2.51. The van der Waals surface area contributed by atoms with Gasteiger partial charge in [-0.3, -0.25) is 0 Å². The van der Waals surface area contributed by atoms with Crippen molar-refractivity contribution in [3.63, 3.8) is 0 Å². The maximum Gasteiger partial charge on any atom is 0.360 e. The van der Waals surface area contributed by atoms with Crippen LogP contribution >= 0.6 is 0 Å². The first-order valence-electron chi connectivity index (χ1n) is 7.74. The average Bonchev–Trinajstić information content (AvgIpc) is 2.90. The van der Waals surface area contributed by atoms with Crippen molar-refractivity contribution in [2.45, 2.75) is 45.3 Å². The largest absolute Gasteiger partial charge is 0.461 e. The summed E-state index contributed by atoms with van der Waals surface area (Å²) in [6.07, 6.45) is 2.54. The Kier molecular flexibility index (Phi) is 5.79. The molecule has 0 spiro atoms. The molecule has 2 atom stereocenters. The number of nitrogens with two attached hydrogens (primary N) is 1. The first-order chi connectivity index (χ1) is 10.6. The van der Waals surface area contributed by atoms with Crippen LogP contribution in [0.4, 0.5) is 6.01 Å². The zero-order valence-electron chi connectivity index (χ0n) is 13.5. The molecule has 1 fully saturated rings. The van der Waals surface area contributed by atoms with Crippen LogP contribution in [0.1, 0.15) is 42.4 Å². The number of rotatable bonds is 6. The molecule has 1 aliphatic heterocycles. The van der Waals surface area contributed by atoms with Crippen molar-refractivity contribution in [3.05, 3.63) is 11.5 Å². The van der Waals surface area contributed by atoms with Crippen LogP contribution in [0.25, 0.3) is 0 Å². The molecule has 0 unspecified atom stereocenters. The quantitative estimate of drug-likeness (QED) is 0.628. The van der Waals surface area contributed by atoms with Gasteiger partial charge in [0.25, 0.3) is 6.01 Å². The fraction of sp³-hybridized carbons (Fsp3) is 0.733. The number of hydrogen-bond acceptors (Lipinski definition) is 7. The number of methoxy groups -OCH3 is 1. The van der Waals surface area contributed by atoms with Crippen molar-refractivity contribution in [3.8, 4) is 0 Å². The number of ether oxygens (including phenoxy) is 2. The zero-order chi connectivity index (χ0) is 16.1. The lowest BCUT2D eigenvalue weighted by atomic mass is 10.0. The Bertz CT molecular complexity index is 503. The van der Waals surface area contributed by atoms with Gasteiger partial charge in [-0.25, -0.2) is 4.79 Å². The molecule has 0 amide bonds. The maximum absolute atomic E-state index is 12.0. The second kappa shape index (κ2) is 7.60. The highest BCUT2D eigenvalue weighted by molar-refractivity contribution is 5.88. The van der Waals surface area contributed by atoms with Crippen LogP contribution in [-0.2, 0) is 9.47 Å². The number of aromatic nitrogens is 1. The second-order valence-corrected chi connectivity index (χ2v) is 5.56. The normalized spacial score (nSPS) is 21.9. The number of aryl methyl sites for hydroxylation is 1. The summed E-state index contributed by atoms with van der Waals surface area (Å²) >= 11 is 0. The number of hydrogen-bond donors (Lipinski definition) is 1. The van der Waals surface area contributed by atoms with E-state index in [0.29, 0.717) is 24.9 Å². The molecule has 1 saturated heterocycles. The van der Waals surface area contributed by atoms with Crippen LogP contribution in [0.15, 0.2) is 4.42 Å². The highest BCUT2D eigenvalue weighted by atomic mass is 16.5. The highest BCUT2D eigenvalue weighted by Gasteiger charge is 2.30. The molecule has 1 aliphatic rings. The molecule has 0 bridgehead atoms. The third kappa shape index (κ3) is 3.78. The Balaban J connectivity index is 2.04. The zero-order valence-corrected chi connectivity index (χ0v) is 13.5. The Morgan fingerprint density at radius 3 is 3.00 bits per heavy atom. The minimum atomic E-state index is -0.432. The molecule has 22 heavy (non-hydrogen) atoms. The lowest BCUT2D eigenvalue weighted by molar-refractivity contribution is 0.0491. The van der Waals surface area contributed by atoms with Crippen molar-refractivity contribution < 1.29 is 18.7 Å². The Labute approximate surface area is 130 Å². The summed E-state index contributed by atoms with van der Waals surface area (Å²) in [7, 11) is 1.64. The van der Waals surface area contributed by atoms with Gasteiger partial charge in [-0.05, 0) is 19.8 Å². The van der Waals surface area contributed by atoms with Crippen molar-refractivity contribution in [2.24, 2.45) is 5.73 Å². The van der Waals surface area contributed by atoms with Crippen LogP contribution in [0, 0.1) is 6.92 Å². The van der Waals surface area contributed by atoms with Gasteiger partial charge >= 0.3 is 5.97 Å². The molecule has 0 aliphatic carbocycles. The Hall–Kier alpha value is -1.60. The second-order valence-electron chi connectivity index (χ2n) is 5.56. The molecular formula is C15H25N3O4. The lowest BCUT2D eigenvalue weighted by Gasteiger charge is -2.34. The molecule has 0 saturated carbocycles. The molecule has 2 N–H and O–H groups in total. The number of unbranched alkanes of at least 4 members (excludes halogenated alkanes) is 1. The summed E-state index contributed by atoms with van der Waals surface area (Å²) in [4.78, 5) is 18.2. The van der Waals surface area contributed by atoms with E-state index in [2.05, 4.69) is 4.98 Å². The number of esters is 1. The molecule has 1 aromatic rings. The molecule has 0 radical (unpaired) electrons. The standard InChI is InChI=1S/C15H25N3O4/c1-4-5-8-21-14(19)13-10(2)22-15(17-13)18-7-6-11(16)12(9-18)20-3/h11-12H,4-9,16H2,1-3H3/t11-,12+/m1/s1. The maximum atomic E-state index is 12.0. The van der Waals surface area contributed by atoms with Gasteiger partial charge in [-0.1, -0.05) is 13.3 Å². The number of carbonyl (C=O) groups is 1. The minimum absolute atomic E-state index is 0.00999. The van der Waals surface area contributed by atoms with Gasteiger partial charge in [-0.15, -0.1) is 0 Å². The van der Waals surface area contributed by atoms with E-state index >= 15 is 0 Å². The summed E-state index contributed by atoms with van der Waals surface area (Å²) in [5, 5.41) is 0. The number of nitrogens with zero attached hydrogens (tertiary/aromatic N) is 2. The van der Waals surface area contributed by atoms with Crippen LogP contribution < -0.4 is 10.6 Å². The fourth-order valence-electron chi connectivity index (χ4n) is 2.44. The van der Waals surface area contributed by atoms with E-state index in [1.165, 1.54) is 0 Å². The van der Waals surface area contributed by atoms with E-state index in [-0.39, 0.29) is 17.8 Å². The monoisotopic (exact) mass is 311 g/mol. The van der Waals surface area contributed by atoms with Crippen LogP contribution in [0.2, 0.25) is 0 Å². The van der Waals surface area contributed by atoms with E-state index in [4.69, 9.17) is 19.6 Å². The van der Waals surface area contributed by atoms with Crippen LogP contribution in [0.3, 0.4) is 0 Å². The molecule has 7 heteroatoms. The summed E-state index contributed by atoms with van der Waals surface area (Å²) in [5.41, 5.74) is 6.25. The summed E-state index contributed by atoms with van der Waals surface area (Å²) in [6.45, 7) is 5.49. The first-order valence-corrected chi connectivity index (χ1v) is 7.74. The van der Waals surface area contributed by atoms with E-state index in [9.17, 15) is 4.79 Å². The molecule has 2 rings (SSSR count). The number of oxazole rings is 1. The summed E-state index contributed by atoms with van der Waals surface area (Å²) in [5.74, 6) is 0.0401.